The van der Waals surface area contributed by atoms with Gasteiger partial charge in [0.2, 0.25) is 0 Å². The third-order valence-corrected chi connectivity index (χ3v) is 4.91. The summed E-state index contributed by atoms with van der Waals surface area (Å²) in [6.07, 6.45) is -0.911. The van der Waals surface area contributed by atoms with Crippen molar-refractivity contribution in [1.29, 1.82) is 5.26 Å². The summed E-state index contributed by atoms with van der Waals surface area (Å²) in [6, 6.07) is 19.1. The van der Waals surface area contributed by atoms with Crippen LogP contribution in [0.25, 0.3) is 10.9 Å². The van der Waals surface area contributed by atoms with E-state index in [-0.39, 0.29) is 5.56 Å². The van der Waals surface area contributed by atoms with Gasteiger partial charge in [-0.3, -0.25) is 10.3 Å². The first-order valence-electron chi connectivity index (χ1n) is 9.45. The van der Waals surface area contributed by atoms with Crippen LogP contribution in [0.2, 0.25) is 5.02 Å². The minimum Gasteiger partial charge on any atom is -0.471 e. The SMILES string of the molecule is CC(O)[C@H](NC(C)(C)Cc1ccc2ccccc2n1)Oc1cccc(Cl)c1C#N. The van der Waals surface area contributed by atoms with Crippen LogP contribution < -0.4 is 10.1 Å². The zero-order valence-corrected chi connectivity index (χ0v) is 17.4. The van der Waals surface area contributed by atoms with E-state index in [9.17, 15) is 10.4 Å². The number of hydrogen-bond acceptors (Lipinski definition) is 5. The zero-order valence-electron chi connectivity index (χ0n) is 16.7. The van der Waals surface area contributed by atoms with Crippen LogP contribution in [0.1, 0.15) is 32.0 Å². The van der Waals surface area contributed by atoms with Crippen LogP contribution in [0.3, 0.4) is 0 Å². The van der Waals surface area contributed by atoms with Gasteiger partial charge in [0.1, 0.15) is 23.5 Å². The molecule has 29 heavy (non-hydrogen) atoms. The largest absolute Gasteiger partial charge is 0.471 e. The number of benzene rings is 2. The van der Waals surface area contributed by atoms with E-state index in [0.29, 0.717) is 17.2 Å². The van der Waals surface area contributed by atoms with Crippen molar-refractivity contribution >= 4 is 22.5 Å². The number of rotatable bonds is 7. The van der Waals surface area contributed by atoms with Gasteiger partial charge in [-0.05, 0) is 45.0 Å². The lowest BCUT2D eigenvalue weighted by Crippen LogP contribution is -2.54. The Kier molecular flexibility index (Phi) is 6.39. The third-order valence-electron chi connectivity index (χ3n) is 4.59. The molecule has 6 heteroatoms. The van der Waals surface area contributed by atoms with E-state index in [0.717, 1.165) is 16.6 Å². The lowest BCUT2D eigenvalue weighted by Gasteiger charge is -2.33. The number of para-hydroxylation sites is 1. The predicted octanol–water partition coefficient (Wildman–Crippen LogP) is 4.46. The highest BCUT2D eigenvalue weighted by molar-refractivity contribution is 6.31. The molecule has 0 saturated heterocycles. The number of nitriles is 1. The van der Waals surface area contributed by atoms with Crippen molar-refractivity contribution in [1.82, 2.24) is 10.3 Å². The van der Waals surface area contributed by atoms with Gasteiger partial charge in [-0.2, -0.15) is 5.26 Å². The minimum absolute atomic E-state index is 0.246. The molecule has 1 unspecified atom stereocenters. The fourth-order valence-electron chi connectivity index (χ4n) is 3.19. The number of aliphatic hydroxyl groups is 1. The van der Waals surface area contributed by atoms with Crippen molar-refractivity contribution in [3.05, 3.63) is 70.9 Å². The van der Waals surface area contributed by atoms with E-state index >= 15 is 0 Å². The summed E-state index contributed by atoms with van der Waals surface area (Å²) in [5.41, 5.74) is 1.70. The number of hydrogen-bond donors (Lipinski definition) is 2. The Bertz CT molecular complexity index is 1040. The van der Waals surface area contributed by atoms with E-state index in [2.05, 4.69) is 17.5 Å². The fourth-order valence-corrected chi connectivity index (χ4v) is 3.40. The zero-order chi connectivity index (χ0) is 21.0. The van der Waals surface area contributed by atoms with Gasteiger partial charge < -0.3 is 9.84 Å². The Morgan fingerprint density at radius 1 is 1.17 bits per heavy atom. The van der Waals surface area contributed by atoms with Crippen LogP contribution in [0.5, 0.6) is 5.75 Å². The second-order valence-corrected chi connectivity index (χ2v) is 8.11. The molecule has 0 saturated carbocycles. The molecule has 3 aromatic rings. The van der Waals surface area contributed by atoms with E-state index in [1.807, 2.05) is 44.2 Å². The van der Waals surface area contributed by atoms with Crippen LogP contribution in [0.15, 0.2) is 54.6 Å². The first-order valence-corrected chi connectivity index (χ1v) is 9.82. The molecule has 0 aliphatic heterocycles. The fraction of sp³-hybridized carbons (Fsp3) is 0.304. The van der Waals surface area contributed by atoms with Gasteiger partial charge in [-0.25, -0.2) is 0 Å². The number of aromatic nitrogens is 1. The molecule has 0 fully saturated rings. The van der Waals surface area contributed by atoms with Gasteiger partial charge in [0.05, 0.1) is 10.5 Å². The molecule has 0 bridgehead atoms. The van der Waals surface area contributed by atoms with Crippen molar-refractivity contribution in [2.24, 2.45) is 0 Å². The average molecular weight is 410 g/mol. The van der Waals surface area contributed by atoms with Gasteiger partial charge in [-0.1, -0.05) is 41.9 Å². The average Bonchev–Trinajstić information content (AvgIpc) is 2.67. The summed E-state index contributed by atoms with van der Waals surface area (Å²) in [6.45, 7) is 5.68. The molecular formula is C23H24ClN3O2. The summed E-state index contributed by atoms with van der Waals surface area (Å²) in [4.78, 5) is 4.73. The number of halogens is 1. The Balaban J connectivity index is 1.78. The normalized spacial score (nSPS) is 13.7. The molecular weight excluding hydrogens is 386 g/mol. The second-order valence-electron chi connectivity index (χ2n) is 7.70. The molecule has 2 atom stereocenters. The van der Waals surface area contributed by atoms with Crippen LogP contribution >= 0.6 is 11.6 Å². The first kappa shape index (κ1) is 21.1. The smallest absolute Gasteiger partial charge is 0.176 e. The van der Waals surface area contributed by atoms with Crippen LogP contribution in [-0.4, -0.2) is 28.0 Å². The highest BCUT2D eigenvalue weighted by Gasteiger charge is 2.28. The topological polar surface area (TPSA) is 78.2 Å². The van der Waals surface area contributed by atoms with Crippen molar-refractivity contribution in [2.75, 3.05) is 0 Å². The monoisotopic (exact) mass is 409 g/mol. The molecule has 0 aliphatic rings. The molecule has 3 rings (SSSR count). The maximum atomic E-state index is 10.3. The number of fused-ring (bicyclic) bond motifs is 1. The molecule has 1 aromatic heterocycles. The number of ether oxygens (including phenoxy) is 1. The van der Waals surface area contributed by atoms with E-state index in [1.54, 1.807) is 25.1 Å². The Morgan fingerprint density at radius 3 is 2.66 bits per heavy atom. The quantitative estimate of drug-likeness (QED) is 0.563. The lowest BCUT2D eigenvalue weighted by molar-refractivity contribution is 0.00864. The standard InChI is InChI=1S/C23H24ClN3O2/c1-15(28)22(29-21-10-6-8-19(24)18(21)14-25)27-23(2,3)13-17-12-11-16-7-4-5-9-20(16)26-17/h4-12,15,22,27-28H,13H2,1-3H3/t15?,22-/m1/s1. The maximum Gasteiger partial charge on any atom is 0.176 e. The highest BCUT2D eigenvalue weighted by atomic mass is 35.5. The second kappa shape index (κ2) is 8.79. The Labute approximate surface area is 175 Å². The Hall–Kier alpha value is -2.65. The van der Waals surface area contributed by atoms with Gasteiger partial charge in [-0.15, -0.1) is 0 Å². The molecule has 5 nitrogen and oxygen atoms in total. The molecule has 0 spiro atoms. The van der Waals surface area contributed by atoms with Crippen LogP contribution in [0.4, 0.5) is 0 Å². The number of aliphatic hydroxyl groups excluding tert-OH is 1. The van der Waals surface area contributed by atoms with Crippen LogP contribution in [0, 0.1) is 11.3 Å². The van der Waals surface area contributed by atoms with Gasteiger partial charge >= 0.3 is 0 Å². The summed E-state index contributed by atoms with van der Waals surface area (Å²) in [5, 5.41) is 24.4. The first-order chi connectivity index (χ1) is 13.8. The van der Waals surface area contributed by atoms with Gasteiger partial charge in [0.25, 0.3) is 0 Å². The Morgan fingerprint density at radius 2 is 1.93 bits per heavy atom. The van der Waals surface area contributed by atoms with Crippen molar-refractivity contribution in [3.8, 4) is 11.8 Å². The van der Waals surface area contributed by atoms with E-state index in [4.69, 9.17) is 21.3 Å². The van der Waals surface area contributed by atoms with Crippen LogP contribution in [-0.2, 0) is 6.42 Å². The predicted molar refractivity (Wildman–Crippen MR) is 115 cm³/mol. The summed E-state index contributed by atoms with van der Waals surface area (Å²) >= 11 is 6.09. The highest BCUT2D eigenvalue weighted by Crippen LogP contribution is 2.27. The number of pyridine rings is 1. The van der Waals surface area contributed by atoms with Crippen molar-refractivity contribution in [3.63, 3.8) is 0 Å². The minimum atomic E-state index is -0.815. The third kappa shape index (κ3) is 5.24. The lowest BCUT2D eigenvalue weighted by atomic mass is 9.97. The number of nitrogens with one attached hydrogen (secondary N) is 1. The molecule has 0 radical (unpaired) electrons. The molecule has 2 N–H and O–H groups in total. The molecule has 1 heterocycles. The molecule has 150 valence electrons. The molecule has 0 aliphatic carbocycles. The van der Waals surface area contributed by atoms with E-state index in [1.165, 1.54) is 0 Å². The summed E-state index contributed by atoms with van der Waals surface area (Å²) < 4.78 is 5.93. The molecule has 0 amide bonds. The summed E-state index contributed by atoms with van der Waals surface area (Å²) in [7, 11) is 0. The maximum absolute atomic E-state index is 10.3. The van der Waals surface area contributed by atoms with Crippen molar-refractivity contribution in [2.45, 2.75) is 45.1 Å². The number of nitrogens with zero attached hydrogens (tertiary/aromatic N) is 2. The molecule has 2 aromatic carbocycles. The van der Waals surface area contributed by atoms with Gasteiger partial charge in [0, 0.05) is 23.0 Å². The summed E-state index contributed by atoms with van der Waals surface area (Å²) in [5.74, 6) is 0.332. The van der Waals surface area contributed by atoms with E-state index < -0.39 is 17.9 Å². The van der Waals surface area contributed by atoms with Crippen molar-refractivity contribution < 1.29 is 9.84 Å². The van der Waals surface area contributed by atoms with Gasteiger partial charge in [0.15, 0.2) is 6.23 Å².